The number of thioether (sulfide) groups is 1. The maximum Gasteiger partial charge on any atom is 0.0913 e. The second-order valence-electron chi connectivity index (χ2n) is 2.91. The average molecular weight is 229 g/mol. The van der Waals surface area contributed by atoms with Gasteiger partial charge in [0.15, 0.2) is 0 Å². The maximum absolute atomic E-state index is 8.80. The third-order valence-electron chi connectivity index (χ3n) is 1.92. The van der Waals surface area contributed by atoms with Crippen molar-refractivity contribution in [2.24, 2.45) is 0 Å². The highest BCUT2D eigenvalue weighted by Gasteiger charge is 2.06. The summed E-state index contributed by atoms with van der Waals surface area (Å²) in [7, 11) is 1.98. The lowest BCUT2D eigenvalue weighted by Gasteiger charge is -2.14. The molecule has 14 heavy (non-hydrogen) atoms. The van der Waals surface area contributed by atoms with Gasteiger partial charge < -0.3 is 10.0 Å². The van der Waals surface area contributed by atoms with E-state index in [9.17, 15) is 0 Å². The van der Waals surface area contributed by atoms with Crippen LogP contribution in [0.4, 0.5) is 5.00 Å². The van der Waals surface area contributed by atoms with Crippen LogP contribution >= 0.6 is 23.1 Å². The number of hydrogen-bond donors (Lipinski definition) is 1. The Hall–Kier alpha value is -0.450. The molecule has 4 heteroatoms. The quantitative estimate of drug-likeness (QED) is 0.839. The summed E-state index contributed by atoms with van der Waals surface area (Å²) in [5.41, 5.74) is 0. The standard InChI is InChI=1S/C10H15NOS2/c1-8(13-3)9-4-5-10(14-9)11(2)6-7-12/h4-5,12H,1,6-7H2,2-3H3. The smallest absolute Gasteiger partial charge is 0.0913 e. The van der Waals surface area contributed by atoms with E-state index in [2.05, 4.69) is 18.7 Å². The van der Waals surface area contributed by atoms with E-state index in [0.717, 1.165) is 4.91 Å². The number of likely N-dealkylation sites (N-methyl/N-ethyl adjacent to an activating group) is 1. The second kappa shape index (κ2) is 5.44. The lowest BCUT2D eigenvalue weighted by molar-refractivity contribution is 0.304. The number of hydrogen-bond acceptors (Lipinski definition) is 4. The Kier molecular flexibility index (Phi) is 4.51. The summed E-state index contributed by atoms with van der Waals surface area (Å²) in [6.07, 6.45) is 2.03. The van der Waals surface area contributed by atoms with Crippen LogP contribution in [0.15, 0.2) is 18.7 Å². The van der Waals surface area contributed by atoms with Gasteiger partial charge in [0.05, 0.1) is 11.6 Å². The molecule has 0 aromatic carbocycles. The summed E-state index contributed by atoms with van der Waals surface area (Å²) < 4.78 is 0. The molecule has 0 unspecified atom stereocenters. The number of nitrogens with zero attached hydrogens (tertiary/aromatic N) is 1. The Morgan fingerprint density at radius 1 is 1.64 bits per heavy atom. The highest BCUT2D eigenvalue weighted by Crippen LogP contribution is 2.33. The van der Waals surface area contributed by atoms with Crippen LogP contribution in [0, 0.1) is 0 Å². The van der Waals surface area contributed by atoms with Crippen LogP contribution in [0.3, 0.4) is 0 Å². The van der Waals surface area contributed by atoms with Crippen molar-refractivity contribution in [2.75, 3.05) is 31.4 Å². The van der Waals surface area contributed by atoms with Gasteiger partial charge in [0.25, 0.3) is 0 Å². The maximum atomic E-state index is 8.80. The first kappa shape index (κ1) is 11.6. The molecule has 0 bridgehead atoms. The predicted molar refractivity (Wildman–Crippen MR) is 67.2 cm³/mol. The Morgan fingerprint density at radius 2 is 2.36 bits per heavy atom. The normalized spacial score (nSPS) is 10.2. The van der Waals surface area contributed by atoms with E-state index in [1.807, 2.05) is 18.2 Å². The van der Waals surface area contributed by atoms with E-state index in [0.29, 0.717) is 6.54 Å². The fourth-order valence-corrected chi connectivity index (χ4v) is 2.55. The van der Waals surface area contributed by atoms with E-state index in [1.165, 1.54) is 9.88 Å². The first-order valence-corrected chi connectivity index (χ1v) is 6.38. The second-order valence-corrected chi connectivity index (χ2v) is 4.87. The molecule has 0 aliphatic carbocycles. The summed E-state index contributed by atoms with van der Waals surface area (Å²) in [6, 6.07) is 4.14. The molecule has 1 aromatic heterocycles. The molecule has 0 aliphatic heterocycles. The minimum absolute atomic E-state index is 0.188. The molecule has 1 aromatic rings. The van der Waals surface area contributed by atoms with Gasteiger partial charge in [-0.1, -0.05) is 6.58 Å². The van der Waals surface area contributed by atoms with Crippen molar-refractivity contribution >= 4 is 33.0 Å². The van der Waals surface area contributed by atoms with Crippen LogP contribution in [0.1, 0.15) is 4.88 Å². The average Bonchev–Trinajstić information content (AvgIpc) is 2.66. The van der Waals surface area contributed by atoms with Crippen LogP contribution in [0.25, 0.3) is 4.91 Å². The van der Waals surface area contributed by atoms with Crippen molar-refractivity contribution in [1.29, 1.82) is 0 Å². The molecule has 2 nitrogen and oxygen atoms in total. The number of thiophene rings is 1. The van der Waals surface area contributed by atoms with Crippen LogP contribution in [-0.2, 0) is 0 Å². The number of aliphatic hydroxyl groups is 1. The summed E-state index contributed by atoms with van der Waals surface area (Å²) in [4.78, 5) is 4.35. The largest absolute Gasteiger partial charge is 0.395 e. The minimum atomic E-state index is 0.188. The van der Waals surface area contributed by atoms with Crippen molar-refractivity contribution in [3.63, 3.8) is 0 Å². The highest BCUT2D eigenvalue weighted by molar-refractivity contribution is 8.07. The molecule has 0 aliphatic rings. The first-order chi connectivity index (χ1) is 6.69. The number of rotatable bonds is 5. The Bertz CT molecular complexity index is 309. The van der Waals surface area contributed by atoms with Crippen molar-refractivity contribution in [2.45, 2.75) is 0 Å². The Balaban J connectivity index is 2.72. The third-order valence-corrected chi connectivity index (χ3v) is 4.03. The van der Waals surface area contributed by atoms with Gasteiger partial charge in [-0.2, -0.15) is 0 Å². The van der Waals surface area contributed by atoms with E-state index >= 15 is 0 Å². The van der Waals surface area contributed by atoms with E-state index < -0.39 is 0 Å². The zero-order chi connectivity index (χ0) is 10.6. The van der Waals surface area contributed by atoms with Crippen molar-refractivity contribution in [1.82, 2.24) is 0 Å². The molecule has 0 fully saturated rings. The molecule has 1 heterocycles. The van der Waals surface area contributed by atoms with Gasteiger partial charge in [-0.15, -0.1) is 23.1 Å². The van der Waals surface area contributed by atoms with Crippen molar-refractivity contribution < 1.29 is 5.11 Å². The van der Waals surface area contributed by atoms with Gasteiger partial charge in [-0.05, 0) is 18.4 Å². The fraction of sp³-hybridized carbons (Fsp3) is 0.400. The van der Waals surface area contributed by atoms with Gasteiger partial charge in [0.2, 0.25) is 0 Å². The van der Waals surface area contributed by atoms with Crippen LogP contribution < -0.4 is 4.90 Å². The van der Waals surface area contributed by atoms with Crippen LogP contribution in [0.5, 0.6) is 0 Å². The van der Waals surface area contributed by atoms with E-state index in [-0.39, 0.29) is 6.61 Å². The third kappa shape index (κ3) is 2.77. The Labute approximate surface area is 93.2 Å². The molecule has 0 saturated heterocycles. The van der Waals surface area contributed by atoms with Gasteiger partial charge in [-0.3, -0.25) is 0 Å². The SMILES string of the molecule is C=C(SC)c1ccc(N(C)CCO)s1. The molecule has 0 atom stereocenters. The molecule has 78 valence electrons. The molecule has 1 N–H and O–H groups in total. The van der Waals surface area contributed by atoms with Crippen molar-refractivity contribution in [3.05, 3.63) is 23.6 Å². The van der Waals surface area contributed by atoms with E-state index in [4.69, 9.17) is 5.11 Å². The van der Waals surface area contributed by atoms with Crippen LogP contribution in [0.2, 0.25) is 0 Å². The summed E-state index contributed by atoms with van der Waals surface area (Å²) in [5.74, 6) is 0. The first-order valence-electron chi connectivity index (χ1n) is 4.34. The number of aliphatic hydroxyl groups excluding tert-OH is 1. The predicted octanol–water partition coefficient (Wildman–Crippen LogP) is 2.51. The Morgan fingerprint density at radius 3 is 2.93 bits per heavy atom. The van der Waals surface area contributed by atoms with Gasteiger partial charge >= 0.3 is 0 Å². The number of anilines is 1. The summed E-state index contributed by atoms with van der Waals surface area (Å²) >= 11 is 3.37. The molecule has 0 amide bonds. The lowest BCUT2D eigenvalue weighted by Crippen LogP contribution is -2.19. The van der Waals surface area contributed by atoms with Crippen LogP contribution in [-0.4, -0.2) is 31.6 Å². The zero-order valence-electron chi connectivity index (χ0n) is 8.49. The molecular weight excluding hydrogens is 214 g/mol. The minimum Gasteiger partial charge on any atom is -0.395 e. The molecule has 0 spiro atoms. The summed E-state index contributed by atoms with van der Waals surface area (Å²) in [5, 5.41) is 9.97. The molecule has 0 saturated carbocycles. The van der Waals surface area contributed by atoms with Gasteiger partial charge in [0, 0.05) is 23.4 Å². The molecule has 1 rings (SSSR count). The molecular formula is C10H15NOS2. The van der Waals surface area contributed by atoms with Gasteiger partial charge in [-0.25, -0.2) is 0 Å². The fourth-order valence-electron chi connectivity index (χ4n) is 1.04. The lowest BCUT2D eigenvalue weighted by atomic mass is 10.4. The summed E-state index contributed by atoms with van der Waals surface area (Å²) in [6.45, 7) is 4.83. The highest BCUT2D eigenvalue weighted by atomic mass is 32.2. The zero-order valence-corrected chi connectivity index (χ0v) is 10.1. The topological polar surface area (TPSA) is 23.5 Å². The monoisotopic (exact) mass is 229 g/mol. The molecule has 0 radical (unpaired) electrons. The van der Waals surface area contributed by atoms with Gasteiger partial charge in [0.1, 0.15) is 0 Å². The van der Waals surface area contributed by atoms with Crippen molar-refractivity contribution in [3.8, 4) is 0 Å². The van der Waals surface area contributed by atoms with E-state index in [1.54, 1.807) is 23.1 Å².